The molecule has 1 aliphatic rings. The van der Waals surface area contributed by atoms with Crippen LogP contribution in [0.15, 0.2) is 54.7 Å². The van der Waals surface area contributed by atoms with Crippen LogP contribution in [0, 0.1) is 5.92 Å². The topological polar surface area (TPSA) is 434 Å². The lowest BCUT2D eigenvalue weighted by Crippen LogP contribution is -2.70. The van der Waals surface area contributed by atoms with Crippen molar-refractivity contribution in [1.82, 2.24) is 52.4 Å². The molecule has 0 bridgehead atoms. The van der Waals surface area contributed by atoms with E-state index in [1.807, 2.05) is 31.2 Å². The number of carbonyl (C=O) groups excluding carboxylic acids is 10. The highest BCUT2D eigenvalue weighted by molar-refractivity contribution is 5.99. The first-order chi connectivity index (χ1) is 37.0. The van der Waals surface area contributed by atoms with Crippen LogP contribution in [-0.4, -0.2) is 165 Å². The van der Waals surface area contributed by atoms with Gasteiger partial charge in [-0.3, -0.25) is 52.7 Å². The largest absolute Gasteiger partial charge is 0.508 e. The van der Waals surface area contributed by atoms with E-state index < -0.39 is 152 Å². The maximum absolute atomic E-state index is 13.9. The molecule has 2 heterocycles. The van der Waals surface area contributed by atoms with E-state index in [4.69, 9.17) is 5.73 Å². The molecule has 1 aliphatic heterocycles. The highest BCUT2D eigenvalue weighted by Crippen LogP contribution is 2.21. The Hall–Kier alpha value is -8.62. The molecular formula is C51H71N12O15+. The molecule has 27 nitrogen and oxygen atoms in total. The number of aromatic amines is 1. The van der Waals surface area contributed by atoms with Crippen LogP contribution >= 0.6 is 0 Å². The van der Waals surface area contributed by atoms with Gasteiger partial charge in [-0.15, -0.1) is 0 Å². The number of phenols is 1. The molecule has 424 valence electrons. The van der Waals surface area contributed by atoms with Crippen molar-refractivity contribution < 1.29 is 78.6 Å². The van der Waals surface area contributed by atoms with Crippen molar-refractivity contribution in [2.45, 2.75) is 127 Å². The zero-order valence-electron chi connectivity index (χ0n) is 43.7. The molecule has 0 saturated carbocycles. The minimum atomic E-state index is -1.84. The van der Waals surface area contributed by atoms with Crippen LogP contribution in [-0.2, 0) is 70.4 Å². The zero-order valence-corrected chi connectivity index (χ0v) is 43.7. The van der Waals surface area contributed by atoms with Crippen molar-refractivity contribution >= 4 is 81.9 Å². The van der Waals surface area contributed by atoms with Crippen molar-refractivity contribution in [3.63, 3.8) is 0 Å². The van der Waals surface area contributed by atoms with Gasteiger partial charge >= 0.3 is 11.9 Å². The fourth-order valence-corrected chi connectivity index (χ4v) is 8.50. The molecule has 1 aromatic heterocycles. The number of carboxylic acids is 2. The van der Waals surface area contributed by atoms with Gasteiger partial charge in [-0.25, -0.2) is 4.79 Å². The van der Waals surface area contributed by atoms with Crippen LogP contribution in [0.5, 0.6) is 5.75 Å². The molecule has 2 aromatic carbocycles. The first kappa shape index (κ1) is 61.9. The number of hydrogen-bond donors (Lipinski definition) is 14. The second kappa shape index (κ2) is 30.2. The van der Waals surface area contributed by atoms with E-state index in [0.29, 0.717) is 31.2 Å². The molecule has 0 aliphatic carbocycles. The number of amides is 10. The number of benzene rings is 2. The average Bonchev–Trinajstić information content (AvgIpc) is 4.07. The van der Waals surface area contributed by atoms with Gasteiger partial charge in [0.25, 0.3) is 5.91 Å². The SMILES string of the molecule is CCCC[C@H](NC(=O)[C@@H](NC(=O)CNC(=O)CNC(=O)[C@H](Cc1ccc(O)cc1)NC(=O)[C@H](CC(=O)O)NC(=O)CNC(=O)[C@@H]1CCCN1C(=O)[C@H](CC(N)=O)NC(=O)[C@@H]([NH3+])Cc1c[nH]c2ccccc12)[C@@H](C)CC)C(=O)O. The summed E-state index contributed by atoms with van der Waals surface area (Å²) in [6.45, 7) is 3.12. The molecule has 10 amide bonds. The van der Waals surface area contributed by atoms with Gasteiger partial charge in [0.2, 0.25) is 53.2 Å². The zero-order chi connectivity index (χ0) is 57.6. The highest BCUT2D eigenvalue weighted by Gasteiger charge is 2.39. The Morgan fingerprint density at radius 3 is 2.01 bits per heavy atom. The van der Waals surface area contributed by atoms with E-state index in [2.05, 4.69) is 53.3 Å². The lowest BCUT2D eigenvalue weighted by atomic mass is 9.97. The number of nitrogens with zero attached hydrogens (tertiary/aromatic N) is 1. The molecule has 0 spiro atoms. The fraction of sp³-hybridized carbons (Fsp3) is 0.490. The van der Waals surface area contributed by atoms with Gasteiger partial charge in [-0.2, -0.15) is 0 Å². The minimum Gasteiger partial charge on any atom is -0.508 e. The number of H-pyrrole nitrogens is 1. The predicted molar refractivity (Wildman–Crippen MR) is 277 cm³/mol. The number of rotatable bonds is 31. The van der Waals surface area contributed by atoms with Gasteiger partial charge in [-0.05, 0) is 54.5 Å². The summed E-state index contributed by atoms with van der Waals surface area (Å²) in [5.41, 5.74) is 11.4. The van der Waals surface area contributed by atoms with E-state index in [1.54, 1.807) is 20.0 Å². The number of para-hydroxylation sites is 1. The van der Waals surface area contributed by atoms with E-state index >= 15 is 0 Å². The summed E-state index contributed by atoms with van der Waals surface area (Å²) < 4.78 is 0. The van der Waals surface area contributed by atoms with Gasteiger partial charge in [0.1, 0.15) is 42.0 Å². The Bertz CT molecular complexity index is 2660. The first-order valence-electron chi connectivity index (χ1n) is 25.5. The number of primary amides is 1. The van der Waals surface area contributed by atoms with Crippen LogP contribution in [0.2, 0.25) is 0 Å². The summed E-state index contributed by atoms with van der Waals surface area (Å²) in [6.07, 6.45) is 2.32. The van der Waals surface area contributed by atoms with Gasteiger partial charge in [0.05, 0.1) is 32.5 Å². The molecule has 1 saturated heterocycles. The van der Waals surface area contributed by atoms with E-state index in [1.165, 1.54) is 24.3 Å². The number of hydrogen-bond acceptors (Lipinski definition) is 13. The Balaban J connectivity index is 1.35. The standard InChI is InChI=1S/C51H70N12O15/c1-4-6-11-34(51(77)78)59-49(75)44(27(3)5-2)62-42(68)25-55-40(66)24-56-46(72)35(19-28-14-16-30(64)17-15-28)60-47(73)36(22-43(69)70)58-41(67)26-57-48(74)38-13-9-18-63(38)50(76)37(21-39(53)65)61-45(71)32(52)20-29-23-54-33-12-8-7-10-31(29)33/h7-8,10,12,14-17,23,27,32,34-38,44,54,64H,4-6,9,11,13,18-22,24-26,52H2,1-3H3,(H2,53,65)(H,55,66)(H,56,72)(H,57,74)(H,58,67)(H,59,75)(H,60,73)(H,61,71)(H,62,68)(H,69,70)(H,77,78)/p+1/t27-,32-,34-,35-,36-,37-,38-,44-/m0/s1. The quantitative estimate of drug-likeness (QED) is 0.0300. The lowest BCUT2D eigenvalue weighted by Gasteiger charge is -2.28. The Morgan fingerprint density at radius 1 is 0.718 bits per heavy atom. The second-order valence-electron chi connectivity index (χ2n) is 19.0. The van der Waals surface area contributed by atoms with Gasteiger partial charge < -0.3 is 79.2 Å². The number of aromatic hydroxyl groups is 1. The van der Waals surface area contributed by atoms with Crippen molar-refractivity contribution in [3.05, 3.63) is 65.9 Å². The summed E-state index contributed by atoms with van der Waals surface area (Å²) in [6, 6.07) is 3.62. The average molecular weight is 1090 g/mol. The number of fused-ring (bicyclic) bond motifs is 1. The third kappa shape index (κ3) is 19.2. The molecule has 3 aromatic rings. The molecule has 1 fully saturated rings. The number of aliphatic carboxylic acids is 2. The van der Waals surface area contributed by atoms with Crippen molar-refractivity contribution in [3.8, 4) is 5.75 Å². The fourth-order valence-electron chi connectivity index (χ4n) is 8.50. The summed E-state index contributed by atoms with van der Waals surface area (Å²) in [5, 5.41) is 49.0. The summed E-state index contributed by atoms with van der Waals surface area (Å²) in [7, 11) is 0. The number of phenolic OH excluding ortho intramolecular Hbond substituents is 1. The molecule has 78 heavy (non-hydrogen) atoms. The van der Waals surface area contributed by atoms with Crippen LogP contribution in [0.4, 0.5) is 0 Å². The lowest BCUT2D eigenvalue weighted by molar-refractivity contribution is -0.403. The molecule has 8 atom stereocenters. The number of nitrogens with one attached hydrogen (secondary N) is 9. The Kier molecular flexibility index (Phi) is 24.0. The molecule has 27 heteroatoms. The van der Waals surface area contributed by atoms with E-state index in [0.717, 1.165) is 21.4 Å². The van der Waals surface area contributed by atoms with Crippen molar-refractivity contribution in [1.29, 1.82) is 0 Å². The van der Waals surface area contributed by atoms with Crippen LogP contribution in [0.25, 0.3) is 10.9 Å². The van der Waals surface area contributed by atoms with Crippen LogP contribution in [0.1, 0.15) is 83.3 Å². The maximum Gasteiger partial charge on any atom is 0.326 e. The molecular weight excluding hydrogens is 1020 g/mol. The third-order valence-corrected chi connectivity index (χ3v) is 13.0. The normalized spacial score (nSPS) is 15.6. The molecule has 4 rings (SSSR count). The Labute approximate surface area is 448 Å². The maximum atomic E-state index is 13.9. The Morgan fingerprint density at radius 2 is 1.36 bits per heavy atom. The highest BCUT2D eigenvalue weighted by atomic mass is 16.4. The molecule has 17 N–H and O–H groups in total. The number of unbranched alkanes of at least 4 members (excludes halogenated alkanes) is 1. The number of carbonyl (C=O) groups is 12. The van der Waals surface area contributed by atoms with Crippen LogP contribution < -0.4 is 54.0 Å². The number of aromatic nitrogens is 1. The summed E-state index contributed by atoms with van der Waals surface area (Å²) >= 11 is 0. The number of likely N-dealkylation sites (tertiary alicyclic amines) is 1. The number of nitrogens with two attached hydrogens (primary N) is 1. The smallest absolute Gasteiger partial charge is 0.326 e. The number of quaternary nitrogens is 1. The molecule has 0 radical (unpaired) electrons. The second-order valence-corrected chi connectivity index (χ2v) is 19.0. The molecule has 0 unspecified atom stereocenters. The monoisotopic (exact) mass is 1090 g/mol. The van der Waals surface area contributed by atoms with Crippen molar-refractivity contribution in [2.75, 3.05) is 26.2 Å². The minimum absolute atomic E-state index is 0.0393. The number of carboxylic acid groups (broad SMARTS) is 2. The first-order valence-corrected chi connectivity index (χ1v) is 25.5. The van der Waals surface area contributed by atoms with Gasteiger partial charge in [-0.1, -0.05) is 70.4 Å². The van der Waals surface area contributed by atoms with E-state index in [9.17, 15) is 72.9 Å². The van der Waals surface area contributed by atoms with E-state index in [-0.39, 0.29) is 38.0 Å². The van der Waals surface area contributed by atoms with Gasteiger partial charge in [0, 0.05) is 36.5 Å². The predicted octanol–water partition coefficient (Wildman–Crippen LogP) is -3.30. The van der Waals surface area contributed by atoms with Crippen LogP contribution in [0.3, 0.4) is 0 Å². The summed E-state index contributed by atoms with van der Waals surface area (Å²) in [5.74, 6) is -12.1. The summed E-state index contributed by atoms with van der Waals surface area (Å²) in [4.78, 5) is 160. The van der Waals surface area contributed by atoms with Crippen molar-refractivity contribution in [2.24, 2.45) is 11.7 Å². The van der Waals surface area contributed by atoms with Gasteiger partial charge in [0.15, 0.2) is 6.04 Å². The third-order valence-electron chi connectivity index (χ3n) is 13.0.